The SMILES string of the molecule is Cc1nccn1C[C@H]1CCCN(C(=O)c2cccn(CC(=O)NCc3ccccc3)c2=O)C1. The Morgan fingerprint density at radius 3 is 2.67 bits per heavy atom. The van der Waals surface area contributed by atoms with Crippen molar-refractivity contribution in [3.63, 3.8) is 0 Å². The molecule has 8 heteroatoms. The molecule has 33 heavy (non-hydrogen) atoms. The highest BCUT2D eigenvalue weighted by atomic mass is 16.2. The summed E-state index contributed by atoms with van der Waals surface area (Å²) < 4.78 is 3.39. The molecule has 8 nitrogen and oxygen atoms in total. The van der Waals surface area contributed by atoms with Crippen LogP contribution in [0.3, 0.4) is 0 Å². The third-order valence-electron chi connectivity index (χ3n) is 6.08. The number of carbonyl (C=O) groups is 2. The van der Waals surface area contributed by atoms with Gasteiger partial charge in [0.2, 0.25) is 5.91 Å². The van der Waals surface area contributed by atoms with Gasteiger partial charge in [0.15, 0.2) is 0 Å². The summed E-state index contributed by atoms with van der Waals surface area (Å²) in [7, 11) is 0. The van der Waals surface area contributed by atoms with Gasteiger partial charge in [-0.25, -0.2) is 4.98 Å². The first-order valence-corrected chi connectivity index (χ1v) is 11.3. The van der Waals surface area contributed by atoms with Gasteiger partial charge in [-0.3, -0.25) is 14.4 Å². The van der Waals surface area contributed by atoms with Crippen molar-refractivity contribution >= 4 is 11.8 Å². The monoisotopic (exact) mass is 447 g/mol. The normalized spacial score (nSPS) is 15.9. The molecule has 1 aromatic carbocycles. The highest BCUT2D eigenvalue weighted by molar-refractivity contribution is 5.94. The van der Waals surface area contributed by atoms with E-state index in [1.807, 2.05) is 43.5 Å². The van der Waals surface area contributed by atoms with Gasteiger partial charge in [-0.1, -0.05) is 30.3 Å². The Balaban J connectivity index is 1.39. The van der Waals surface area contributed by atoms with Crippen LogP contribution in [-0.4, -0.2) is 43.9 Å². The zero-order valence-electron chi connectivity index (χ0n) is 18.8. The molecule has 4 rings (SSSR count). The second-order valence-corrected chi connectivity index (χ2v) is 8.50. The average Bonchev–Trinajstić information content (AvgIpc) is 3.23. The van der Waals surface area contributed by atoms with Crippen molar-refractivity contribution in [1.82, 2.24) is 24.3 Å². The van der Waals surface area contributed by atoms with Gasteiger partial charge < -0.3 is 19.4 Å². The van der Waals surface area contributed by atoms with Crippen molar-refractivity contribution in [3.8, 4) is 0 Å². The van der Waals surface area contributed by atoms with Crippen LogP contribution >= 0.6 is 0 Å². The maximum Gasteiger partial charge on any atom is 0.263 e. The van der Waals surface area contributed by atoms with Crippen LogP contribution in [0.1, 0.15) is 34.6 Å². The summed E-state index contributed by atoms with van der Waals surface area (Å²) in [5, 5.41) is 2.82. The van der Waals surface area contributed by atoms with Gasteiger partial charge in [0.05, 0.1) is 0 Å². The van der Waals surface area contributed by atoms with Crippen molar-refractivity contribution < 1.29 is 9.59 Å². The molecule has 1 aliphatic rings. The predicted octanol–water partition coefficient (Wildman–Crippen LogP) is 2.22. The minimum Gasteiger partial charge on any atom is -0.350 e. The molecule has 3 aromatic rings. The second kappa shape index (κ2) is 10.3. The van der Waals surface area contributed by atoms with Crippen LogP contribution in [0.25, 0.3) is 0 Å². The fraction of sp³-hybridized carbons (Fsp3) is 0.360. The molecular weight excluding hydrogens is 418 g/mol. The molecule has 2 aromatic heterocycles. The van der Waals surface area contributed by atoms with Crippen molar-refractivity contribution in [3.05, 3.63) is 88.4 Å². The Morgan fingerprint density at radius 1 is 1.09 bits per heavy atom. The molecule has 0 spiro atoms. The van der Waals surface area contributed by atoms with Gasteiger partial charge in [0.1, 0.15) is 17.9 Å². The number of likely N-dealkylation sites (tertiary alicyclic amines) is 1. The molecule has 0 unspecified atom stereocenters. The zero-order chi connectivity index (χ0) is 23.2. The van der Waals surface area contributed by atoms with Crippen molar-refractivity contribution in [2.24, 2.45) is 5.92 Å². The van der Waals surface area contributed by atoms with Crippen LogP contribution in [0.5, 0.6) is 0 Å². The third-order valence-corrected chi connectivity index (χ3v) is 6.08. The quantitative estimate of drug-likeness (QED) is 0.602. The summed E-state index contributed by atoms with van der Waals surface area (Å²) in [6.45, 7) is 4.25. The van der Waals surface area contributed by atoms with E-state index in [9.17, 15) is 14.4 Å². The minimum atomic E-state index is -0.440. The molecule has 1 fully saturated rings. The highest BCUT2D eigenvalue weighted by Gasteiger charge is 2.27. The van der Waals surface area contributed by atoms with E-state index in [0.29, 0.717) is 25.6 Å². The van der Waals surface area contributed by atoms with Crippen LogP contribution in [0, 0.1) is 12.8 Å². The summed E-state index contributed by atoms with van der Waals surface area (Å²) in [6, 6.07) is 12.8. The van der Waals surface area contributed by atoms with E-state index >= 15 is 0 Å². The van der Waals surface area contributed by atoms with E-state index in [-0.39, 0.29) is 23.9 Å². The zero-order valence-corrected chi connectivity index (χ0v) is 18.8. The molecule has 172 valence electrons. The van der Waals surface area contributed by atoms with E-state index in [1.54, 1.807) is 29.4 Å². The molecule has 1 atom stereocenters. The molecule has 0 radical (unpaired) electrons. The van der Waals surface area contributed by atoms with Crippen LogP contribution in [-0.2, 0) is 24.4 Å². The van der Waals surface area contributed by atoms with Gasteiger partial charge >= 0.3 is 0 Å². The summed E-state index contributed by atoms with van der Waals surface area (Å²) in [5.41, 5.74) is 0.644. The summed E-state index contributed by atoms with van der Waals surface area (Å²) in [6.07, 6.45) is 7.20. The number of imidazole rings is 1. The maximum atomic E-state index is 13.2. The number of piperidine rings is 1. The smallest absolute Gasteiger partial charge is 0.263 e. The fourth-order valence-electron chi connectivity index (χ4n) is 4.27. The van der Waals surface area contributed by atoms with E-state index in [0.717, 1.165) is 30.8 Å². The highest BCUT2D eigenvalue weighted by Crippen LogP contribution is 2.20. The maximum absolute atomic E-state index is 13.2. The van der Waals surface area contributed by atoms with E-state index in [2.05, 4.69) is 14.9 Å². The van der Waals surface area contributed by atoms with Gasteiger partial charge in [0.25, 0.3) is 11.5 Å². The van der Waals surface area contributed by atoms with Crippen LogP contribution < -0.4 is 10.9 Å². The number of nitrogens with one attached hydrogen (secondary N) is 1. The Bertz CT molecular complexity index is 1170. The standard InChI is InChI=1S/C25H29N5O3/c1-19-26-11-14-28(19)16-21-9-5-12-29(17-21)24(32)22-10-6-13-30(25(22)33)18-23(31)27-15-20-7-3-2-4-8-20/h2-4,6-8,10-11,13-14,21H,5,9,12,15-18H2,1H3,(H,27,31)/t21-/m1/s1. The Morgan fingerprint density at radius 2 is 1.91 bits per heavy atom. The molecule has 2 amide bonds. The van der Waals surface area contributed by atoms with Crippen molar-refractivity contribution in [1.29, 1.82) is 0 Å². The summed E-state index contributed by atoms with van der Waals surface area (Å²) in [4.78, 5) is 44.5. The lowest BCUT2D eigenvalue weighted by Crippen LogP contribution is -2.44. The molecule has 0 aliphatic carbocycles. The lowest BCUT2D eigenvalue weighted by atomic mass is 9.97. The minimum absolute atomic E-state index is 0.104. The van der Waals surface area contributed by atoms with Crippen LogP contribution in [0.2, 0.25) is 0 Å². The Kier molecular flexibility index (Phi) is 7.02. The number of hydrogen-bond donors (Lipinski definition) is 1. The largest absolute Gasteiger partial charge is 0.350 e. The van der Waals surface area contributed by atoms with Gasteiger partial charge in [0, 0.05) is 44.8 Å². The number of pyridine rings is 1. The van der Waals surface area contributed by atoms with Crippen molar-refractivity contribution in [2.45, 2.75) is 39.4 Å². The first kappa shape index (κ1) is 22.5. The van der Waals surface area contributed by atoms with Crippen LogP contribution in [0.15, 0.2) is 65.8 Å². The van der Waals surface area contributed by atoms with Gasteiger partial charge in [-0.05, 0) is 43.4 Å². The molecule has 3 heterocycles. The number of benzene rings is 1. The number of rotatable bonds is 7. The van der Waals surface area contributed by atoms with Crippen molar-refractivity contribution in [2.75, 3.05) is 13.1 Å². The molecule has 0 bridgehead atoms. The Labute approximate surface area is 192 Å². The van der Waals surface area contributed by atoms with Gasteiger partial charge in [-0.2, -0.15) is 0 Å². The number of nitrogens with zero attached hydrogens (tertiary/aromatic N) is 4. The number of aryl methyl sites for hydroxylation is 1. The molecule has 1 aliphatic heterocycles. The number of amides is 2. The second-order valence-electron chi connectivity index (χ2n) is 8.50. The number of aromatic nitrogens is 3. The lowest BCUT2D eigenvalue weighted by Gasteiger charge is -2.33. The molecular formula is C25H29N5O3. The molecule has 0 saturated carbocycles. The van der Waals surface area contributed by atoms with E-state index in [4.69, 9.17) is 0 Å². The number of carbonyl (C=O) groups excluding carboxylic acids is 2. The average molecular weight is 448 g/mol. The predicted molar refractivity (Wildman–Crippen MR) is 125 cm³/mol. The summed E-state index contributed by atoms with van der Waals surface area (Å²) in [5.74, 6) is 0.714. The third kappa shape index (κ3) is 5.58. The summed E-state index contributed by atoms with van der Waals surface area (Å²) >= 11 is 0. The van der Waals surface area contributed by atoms with E-state index in [1.165, 1.54) is 4.57 Å². The molecule has 1 N–H and O–H groups in total. The van der Waals surface area contributed by atoms with E-state index < -0.39 is 5.56 Å². The molecule has 1 saturated heterocycles. The first-order valence-electron chi connectivity index (χ1n) is 11.3. The lowest BCUT2D eigenvalue weighted by molar-refractivity contribution is -0.121. The topological polar surface area (TPSA) is 89.2 Å². The number of hydrogen-bond acceptors (Lipinski definition) is 4. The first-order chi connectivity index (χ1) is 16.0. The Hall–Kier alpha value is -3.68. The fourth-order valence-corrected chi connectivity index (χ4v) is 4.27. The van der Waals surface area contributed by atoms with Gasteiger partial charge in [-0.15, -0.1) is 0 Å². The van der Waals surface area contributed by atoms with Crippen LogP contribution in [0.4, 0.5) is 0 Å².